The van der Waals surface area contributed by atoms with Gasteiger partial charge in [-0.1, -0.05) is 6.07 Å². The summed E-state index contributed by atoms with van der Waals surface area (Å²) in [5.41, 5.74) is 1.74. The van der Waals surface area contributed by atoms with Gasteiger partial charge in [0.2, 0.25) is 0 Å². The van der Waals surface area contributed by atoms with Crippen LogP contribution in [0.1, 0.15) is 16.7 Å². The number of nitrogens with zero attached hydrogens (tertiary/aromatic N) is 1. The van der Waals surface area contributed by atoms with E-state index in [4.69, 9.17) is 10.00 Å². The van der Waals surface area contributed by atoms with Gasteiger partial charge >= 0.3 is 0 Å². The van der Waals surface area contributed by atoms with Crippen LogP contribution in [0, 0.1) is 29.9 Å². The Balaban J connectivity index is 2.16. The highest BCUT2D eigenvalue weighted by Gasteiger charge is 2.04. The van der Waals surface area contributed by atoms with Gasteiger partial charge in [-0.05, 0) is 42.3 Å². The molecule has 0 radical (unpaired) electrons. The summed E-state index contributed by atoms with van der Waals surface area (Å²) in [7, 11) is 0. The Kier molecular flexibility index (Phi) is 3.76. The van der Waals surface area contributed by atoms with Gasteiger partial charge in [-0.25, -0.2) is 8.78 Å². The van der Waals surface area contributed by atoms with Crippen molar-refractivity contribution < 1.29 is 13.5 Å². The van der Waals surface area contributed by atoms with Crippen LogP contribution < -0.4 is 4.74 Å². The summed E-state index contributed by atoms with van der Waals surface area (Å²) in [6, 6.07) is 10.3. The third-order valence-corrected chi connectivity index (χ3v) is 2.63. The van der Waals surface area contributed by atoms with E-state index in [0.29, 0.717) is 16.9 Å². The van der Waals surface area contributed by atoms with E-state index >= 15 is 0 Å². The van der Waals surface area contributed by atoms with Gasteiger partial charge in [0.05, 0.1) is 11.6 Å². The highest BCUT2D eigenvalue weighted by molar-refractivity contribution is 5.41. The molecule has 2 aromatic rings. The maximum Gasteiger partial charge on any atom is 0.126 e. The molecule has 2 nitrogen and oxygen atoms in total. The Morgan fingerprint density at radius 2 is 1.79 bits per heavy atom. The lowest BCUT2D eigenvalue weighted by Gasteiger charge is -2.09. The summed E-state index contributed by atoms with van der Waals surface area (Å²) in [4.78, 5) is 0. The molecule has 96 valence electrons. The fourth-order valence-corrected chi connectivity index (χ4v) is 1.68. The number of rotatable bonds is 3. The van der Waals surface area contributed by atoms with Crippen LogP contribution in [-0.2, 0) is 6.61 Å². The first-order chi connectivity index (χ1) is 9.08. The molecular formula is C15H11F2NO. The van der Waals surface area contributed by atoms with Gasteiger partial charge in [-0.2, -0.15) is 5.26 Å². The second-order valence-corrected chi connectivity index (χ2v) is 4.16. The molecule has 0 amide bonds. The zero-order valence-corrected chi connectivity index (χ0v) is 10.3. The SMILES string of the molecule is Cc1ccc(C#N)cc1OCc1cc(F)cc(F)c1. The van der Waals surface area contributed by atoms with Crippen molar-refractivity contribution in [3.8, 4) is 11.8 Å². The number of benzene rings is 2. The lowest BCUT2D eigenvalue weighted by Crippen LogP contribution is -1.99. The normalized spacial score (nSPS) is 10.0. The van der Waals surface area contributed by atoms with Crippen molar-refractivity contribution in [1.29, 1.82) is 5.26 Å². The maximum atomic E-state index is 13.0. The van der Waals surface area contributed by atoms with Gasteiger partial charge in [0.15, 0.2) is 0 Å². The van der Waals surface area contributed by atoms with Crippen LogP contribution in [0.3, 0.4) is 0 Å². The molecule has 2 aromatic carbocycles. The molecule has 2 rings (SSSR count). The molecule has 4 heteroatoms. The van der Waals surface area contributed by atoms with E-state index in [2.05, 4.69) is 0 Å². The van der Waals surface area contributed by atoms with Crippen LogP contribution in [0.25, 0.3) is 0 Å². The minimum atomic E-state index is -0.638. The maximum absolute atomic E-state index is 13.0. The Hall–Kier alpha value is -2.41. The van der Waals surface area contributed by atoms with Crippen LogP contribution in [0.5, 0.6) is 5.75 Å². The summed E-state index contributed by atoms with van der Waals surface area (Å²) < 4.78 is 31.5. The molecule has 0 bridgehead atoms. The van der Waals surface area contributed by atoms with E-state index < -0.39 is 11.6 Å². The highest BCUT2D eigenvalue weighted by atomic mass is 19.1. The van der Waals surface area contributed by atoms with Gasteiger partial charge in [0.1, 0.15) is 24.0 Å². The number of halogens is 2. The second-order valence-electron chi connectivity index (χ2n) is 4.16. The van der Waals surface area contributed by atoms with Crippen LogP contribution in [-0.4, -0.2) is 0 Å². The molecule has 0 saturated heterocycles. The topological polar surface area (TPSA) is 33.0 Å². The van der Waals surface area contributed by atoms with Crippen LogP contribution in [0.4, 0.5) is 8.78 Å². The second kappa shape index (κ2) is 5.49. The predicted molar refractivity (Wildman–Crippen MR) is 66.6 cm³/mol. The molecule has 0 atom stereocenters. The minimum Gasteiger partial charge on any atom is -0.489 e. The van der Waals surface area contributed by atoms with E-state index in [1.807, 2.05) is 13.0 Å². The summed E-state index contributed by atoms with van der Waals surface area (Å²) >= 11 is 0. The van der Waals surface area contributed by atoms with E-state index in [9.17, 15) is 8.78 Å². The minimum absolute atomic E-state index is 0.0460. The average Bonchev–Trinajstić information content (AvgIpc) is 2.37. The summed E-state index contributed by atoms with van der Waals surface area (Å²) in [6.45, 7) is 1.88. The third-order valence-electron chi connectivity index (χ3n) is 2.63. The van der Waals surface area contributed by atoms with Crippen LogP contribution in [0.15, 0.2) is 36.4 Å². The van der Waals surface area contributed by atoms with E-state index in [1.54, 1.807) is 18.2 Å². The number of hydrogen-bond donors (Lipinski definition) is 0. The lowest BCUT2D eigenvalue weighted by atomic mass is 10.1. The van der Waals surface area contributed by atoms with Gasteiger partial charge in [0, 0.05) is 6.07 Å². The first kappa shape index (κ1) is 13.0. The molecule has 0 aliphatic carbocycles. The van der Waals surface area contributed by atoms with E-state index in [-0.39, 0.29) is 6.61 Å². The summed E-state index contributed by atoms with van der Waals surface area (Å²) in [5, 5.41) is 8.81. The summed E-state index contributed by atoms with van der Waals surface area (Å²) in [6.07, 6.45) is 0. The predicted octanol–water partition coefficient (Wildman–Crippen LogP) is 3.72. The van der Waals surface area contributed by atoms with E-state index in [0.717, 1.165) is 11.6 Å². The van der Waals surface area contributed by atoms with Crippen molar-refractivity contribution in [1.82, 2.24) is 0 Å². The highest BCUT2D eigenvalue weighted by Crippen LogP contribution is 2.21. The van der Waals surface area contributed by atoms with Crippen molar-refractivity contribution in [2.75, 3.05) is 0 Å². The van der Waals surface area contributed by atoms with Gasteiger partial charge < -0.3 is 4.74 Å². The van der Waals surface area contributed by atoms with Crippen molar-refractivity contribution in [2.45, 2.75) is 13.5 Å². The lowest BCUT2D eigenvalue weighted by molar-refractivity contribution is 0.302. The van der Waals surface area contributed by atoms with Gasteiger partial charge in [-0.3, -0.25) is 0 Å². The van der Waals surface area contributed by atoms with Gasteiger partial charge in [0.25, 0.3) is 0 Å². The first-order valence-corrected chi connectivity index (χ1v) is 5.67. The standard InChI is InChI=1S/C15H11F2NO/c1-10-2-3-11(8-18)6-15(10)19-9-12-4-13(16)7-14(17)5-12/h2-7H,9H2,1H3. The Morgan fingerprint density at radius 3 is 2.42 bits per heavy atom. The third kappa shape index (κ3) is 3.29. The quantitative estimate of drug-likeness (QED) is 0.841. The van der Waals surface area contributed by atoms with Gasteiger partial charge in [-0.15, -0.1) is 0 Å². The van der Waals surface area contributed by atoms with Crippen molar-refractivity contribution in [3.63, 3.8) is 0 Å². The zero-order chi connectivity index (χ0) is 13.8. The summed E-state index contributed by atoms with van der Waals surface area (Å²) in [5.74, 6) is -0.745. The Labute approximate surface area is 109 Å². The Morgan fingerprint density at radius 1 is 1.11 bits per heavy atom. The largest absolute Gasteiger partial charge is 0.489 e. The fraction of sp³-hybridized carbons (Fsp3) is 0.133. The van der Waals surface area contributed by atoms with Crippen molar-refractivity contribution in [3.05, 3.63) is 64.7 Å². The number of nitriles is 1. The van der Waals surface area contributed by atoms with Crippen LogP contribution in [0.2, 0.25) is 0 Å². The fourth-order valence-electron chi connectivity index (χ4n) is 1.68. The van der Waals surface area contributed by atoms with Crippen molar-refractivity contribution >= 4 is 0 Å². The number of hydrogen-bond acceptors (Lipinski definition) is 2. The molecule has 0 fully saturated rings. The molecule has 0 unspecified atom stereocenters. The monoisotopic (exact) mass is 259 g/mol. The average molecular weight is 259 g/mol. The first-order valence-electron chi connectivity index (χ1n) is 5.67. The zero-order valence-electron chi connectivity index (χ0n) is 10.3. The smallest absolute Gasteiger partial charge is 0.126 e. The molecule has 0 aliphatic rings. The molecule has 0 heterocycles. The number of aryl methyl sites for hydroxylation is 1. The van der Waals surface area contributed by atoms with Crippen LogP contribution >= 0.6 is 0 Å². The van der Waals surface area contributed by atoms with E-state index in [1.165, 1.54) is 12.1 Å². The molecule has 0 saturated carbocycles. The molecule has 0 N–H and O–H groups in total. The molecule has 0 aromatic heterocycles. The molecule has 0 spiro atoms. The Bertz CT molecular complexity index is 627. The molecular weight excluding hydrogens is 248 g/mol. The molecule has 19 heavy (non-hydrogen) atoms. The van der Waals surface area contributed by atoms with Crippen molar-refractivity contribution in [2.24, 2.45) is 0 Å². The molecule has 0 aliphatic heterocycles. The number of ether oxygens (including phenoxy) is 1.